The Hall–Kier alpha value is -0.660. The van der Waals surface area contributed by atoms with Crippen molar-refractivity contribution in [3.8, 4) is 0 Å². The molecule has 0 aromatic heterocycles. The van der Waals surface area contributed by atoms with Crippen molar-refractivity contribution in [1.29, 1.82) is 0 Å². The third kappa shape index (κ3) is 7.49. The second-order valence-electron chi connectivity index (χ2n) is 3.93. The van der Waals surface area contributed by atoms with E-state index in [0.29, 0.717) is 19.5 Å². The Labute approximate surface area is 117 Å². The molecule has 0 saturated heterocycles. The van der Waals surface area contributed by atoms with Gasteiger partial charge in [-0.2, -0.15) is 13.2 Å². The van der Waals surface area contributed by atoms with Crippen LogP contribution < -0.4 is 5.32 Å². The second-order valence-corrected chi connectivity index (χ2v) is 4.79. The largest absolute Gasteiger partial charge is 0.411 e. The van der Waals surface area contributed by atoms with Crippen LogP contribution in [0.15, 0.2) is 22.7 Å². The van der Waals surface area contributed by atoms with Crippen molar-refractivity contribution >= 4 is 15.9 Å². The van der Waals surface area contributed by atoms with Gasteiger partial charge in [0.15, 0.2) is 0 Å². The number of rotatable bonds is 7. The van der Waals surface area contributed by atoms with E-state index in [4.69, 9.17) is 0 Å². The standard InChI is InChI=1S/C12H14BrF4NO/c13-11-3-2-10(14)6-9(11)7-18-4-1-5-19-8-12(15,16)17/h2-3,6,18H,1,4-5,7-8H2. The molecule has 1 N–H and O–H groups in total. The molecule has 0 amide bonds. The van der Waals surface area contributed by atoms with Crippen LogP contribution in [-0.2, 0) is 11.3 Å². The molecule has 0 fully saturated rings. The molecule has 0 saturated carbocycles. The van der Waals surface area contributed by atoms with Crippen molar-refractivity contribution in [3.05, 3.63) is 34.1 Å². The third-order valence-electron chi connectivity index (χ3n) is 2.23. The third-order valence-corrected chi connectivity index (χ3v) is 3.00. The molecular weight excluding hydrogens is 330 g/mol. The minimum Gasteiger partial charge on any atom is -0.372 e. The van der Waals surface area contributed by atoms with Crippen molar-refractivity contribution < 1.29 is 22.3 Å². The average Bonchev–Trinajstić information content (AvgIpc) is 2.31. The lowest BCUT2D eigenvalue weighted by Crippen LogP contribution is -2.20. The summed E-state index contributed by atoms with van der Waals surface area (Å²) in [4.78, 5) is 0. The monoisotopic (exact) mass is 343 g/mol. The number of nitrogens with one attached hydrogen (secondary N) is 1. The molecule has 19 heavy (non-hydrogen) atoms. The number of benzene rings is 1. The summed E-state index contributed by atoms with van der Waals surface area (Å²) >= 11 is 3.29. The summed E-state index contributed by atoms with van der Waals surface area (Å²) in [7, 11) is 0. The van der Waals surface area contributed by atoms with Crippen LogP contribution in [0.3, 0.4) is 0 Å². The van der Waals surface area contributed by atoms with Gasteiger partial charge >= 0.3 is 6.18 Å². The molecule has 0 bridgehead atoms. The van der Waals surface area contributed by atoms with E-state index in [-0.39, 0.29) is 12.4 Å². The Kier molecular flexibility index (Phi) is 6.74. The van der Waals surface area contributed by atoms with Crippen molar-refractivity contribution in [2.45, 2.75) is 19.1 Å². The molecule has 0 aliphatic carbocycles. The van der Waals surface area contributed by atoms with E-state index >= 15 is 0 Å². The molecular formula is C12H14BrF4NO. The minimum absolute atomic E-state index is 0.0385. The van der Waals surface area contributed by atoms with Crippen LogP contribution >= 0.6 is 15.9 Å². The molecule has 7 heteroatoms. The van der Waals surface area contributed by atoms with Gasteiger partial charge in [0.2, 0.25) is 0 Å². The fourth-order valence-electron chi connectivity index (χ4n) is 1.39. The zero-order valence-electron chi connectivity index (χ0n) is 10.1. The fraction of sp³-hybridized carbons (Fsp3) is 0.500. The first-order chi connectivity index (χ1) is 8.88. The van der Waals surface area contributed by atoms with Gasteiger partial charge in [-0.15, -0.1) is 0 Å². The molecule has 0 radical (unpaired) electrons. The average molecular weight is 344 g/mol. The fourth-order valence-corrected chi connectivity index (χ4v) is 1.78. The Balaban J connectivity index is 2.12. The summed E-state index contributed by atoms with van der Waals surface area (Å²) in [5.41, 5.74) is 0.760. The lowest BCUT2D eigenvalue weighted by atomic mass is 10.2. The van der Waals surface area contributed by atoms with E-state index in [1.807, 2.05) is 0 Å². The minimum atomic E-state index is -4.28. The highest BCUT2D eigenvalue weighted by Gasteiger charge is 2.27. The molecule has 0 aliphatic heterocycles. The van der Waals surface area contributed by atoms with Crippen molar-refractivity contribution in [3.63, 3.8) is 0 Å². The maximum absolute atomic E-state index is 13.0. The smallest absolute Gasteiger partial charge is 0.372 e. The first-order valence-corrected chi connectivity index (χ1v) is 6.47. The highest BCUT2D eigenvalue weighted by atomic mass is 79.9. The Morgan fingerprint density at radius 3 is 2.68 bits per heavy atom. The van der Waals surface area contributed by atoms with Gasteiger partial charge in [0, 0.05) is 17.6 Å². The lowest BCUT2D eigenvalue weighted by molar-refractivity contribution is -0.173. The van der Waals surface area contributed by atoms with Gasteiger partial charge in [0.25, 0.3) is 0 Å². The summed E-state index contributed by atoms with van der Waals surface area (Å²) in [6, 6.07) is 4.36. The van der Waals surface area contributed by atoms with Gasteiger partial charge in [0.1, 0.15) is 12.4 Å². The van der Waals surface area contributed by atoms with E-state index in [9.17, 15) is 17.6 Å². The normalized spacial score (nSPS) is 11.8. The van der Waals surface area contributed by atoms with Gasteiger partial charge in [-0.1, -0.05) is 15.9 Å². The van der Waals surface area contributed by atoms with Crippen LogP contribution in [-0.4, -0.2) is 25.9 Å². The van der Waals surface area contributed by atoms with Crippen LogP contribution in [0.4, 0.5) is 17.6 Å². The van der Waals surface area contributed by atoms with Gasteiger partial charge in [-0.25, -0.2) is 4.39 Å². The summed E-state index contributed by atoms with van der Waals surface area (Å²) in [5, 5.41) is 3.01. The summed E-state index contributed by atoms with van der Waals surface area (Å²) in [6.07, 6.45) is -3.82. The molecule has 1 aromatic rings. The van der Waals surface area contributed by atoms with Crippen LogP contribution in [0.2, 0.25) is 0 Å². The molecule has 0 spiro atoms. The summed E-state index contributed by atoms with van der Waals surface area (Å²) < 4.78 is 53.5. The van der Waals surface area contributed by atoms with Crippen LogP contribution in [0.1, 0.15) is 12.0 Å². The maximum Gasteiger partial charge on any atom is 0.411 e. The molecule has 1 aromatic carbocycles. The second kappa shape index (κ2) is 7.81. The Morgan fingerprint density at radius 1 is 1.26 bits per heavy atom. The zero-order valence-corrected chi connectivity index (χ0v) is 11.7. The molecule has 0 unspecified atom stereocenters. The maximum atomic E-state index is 13.0. The highest BCUT2D eigenvalue weighted by Crippen LogP contribution is 2.17. The summed E-state index contributed by atoms with van der Waals surface area (Å²) in [6.45, 7) is -0.238. The van der Waals surface area contributed by atoms with Gasteiger partial charge in [0.05, 0.1) is 0 Å². The first-order valence-electron chi connectivity index (χ1n) is 5.67. The Bertz CT molecular complexity index is 398. The van der Waals surface area contributed by atoms with Crippen LogP contribution in [0.5, 0.6) is 0 Å². The van der Waals surface area contributed by atoms with Crippen molar-refractivity contribution in [2.75, 3.05) is 19.8 Å². The first kappa shape index (κ1) is 16.4. The van der Waals surface area contributed by atoms with E-state index in [1.165, 1.54) is 12.1 Å². The number of hydrogen-bond acceptors (Lipinski definition) is 2. The van der Waals surface area contributed by atoms with Crippen molar-refractivity contribution in [2.24, 2.45) is 0 Å². The van der Waals surface area contributed by atoms with Crippen LogP contribution in [0, 0.1) is 5.82 Å². The quantitative estimate of drug-likeness (QED) is 0.602. The van der Waals surface area contributed by atoms with Gasteiger partial charge in [-0.3, -0.25) is 0 Å². The molecule has 108 valence electrons. The van der Waals surface area contributed by atoms with Gasteiger partial charge in [-0.05, 0) is 36.7 Å². The molecule has 0 atom stereocenters. The number of alkyl halides is 3. The number of hydrogen-bond donors (Lipinski definition) is 1. The highest BCUT2D eigenvalue weighted by molar-refractivity contribution is 9.10. The van der Waals surface area contributed by atoms with E-state index in [1.54, 1.807) is 6.07 Å². The molecule has 1 rings (SSSR count). The summed E-state index contributed by atoms with van der Waals surface area (Å²) in [5.74, 6) is -0.325. The topological polar surface area (TPSA) is 21.3 Å². The van der Waals surface area contributed by atoms with Crippen molar-refractivity contribution in [1.82, 2.24) is 5.32 Å². The van der Waals surface area contributed by atoms with E-state index in [0.717, 1.165) is 10.0 Å². The predicted molar refractivity (Wildman–Crippen MR) is 67.3 cm³/mol. The molecule has 2 nitrogen and oxygen atoms in total. The molecule has 0 aliphatic rings. The van der Waals surface area contributed by atoms with E-state index < -0.39 is 12.8 Å². The number of halogens is 5. The van der Waals surface area contributed by atoms with Gasteiger partial charge < -0.3 is 10.1 Å². The van der Waals surface area contributed by atoms with Crippen LogP contribution in [0.25, 0.3) is 0 Å². The van der Waals surface area contributed by atoms with E-state index in [2.05, 4.69) is 26.0 Å². The predicted octanol–water partition coefficient (Wildman–Crippen LogP) is 3.65. The molecule has 0 heterocycles. The zero-order chi connectivity index (χ0) is 14.3. The lowest BCUT2D eigenvalue weighted by Gasteiger charge is -2.09. The number of ether oxygens (including phenoxy) is 1. The Morgan fingerprint density at radius 2 is 2.00 bits per heavy atom. The SMILES string of the molecule is Fc1ccc(Br)c(CNCCCOCC(F)(F)F)c1.